The predicted molar refractivity (Wildman–Crippen MR) is 96.2 cm³/mol. The van der Waals surface area contributed by atoms with Crippen LogP contribution in [0.15, 0.2) is 24.3 Å². The molecule has 0 fully saturated rings. The number of ether oxygens (including phenoxy) is 1. The number of nitrogens with zero attached hydrogens (tertiary/aromatic N) is 1. The Morgan fingerprint density at radius 2 is 2.08 bits per heavy atom. The summed E-state index contributed by atoms with van der Waals surface area (Å²) in [6, 6.07) is 6.69. The van der Waals surface area contributed by atoms with Crippen molar-refractivity contribution < 1.29 is 14.3 Å². The highest BCUT2D eigenvalue weighted by molar-refractivity contribution is 7.22. The summed E-state index contributed by atoms with van der Waals surface area (Å²) in [7, 11) is 1.33. The third-order valence-electron chi connectivity index (χ3n) is 3.68. The number of fused-ring (bicyclic) bond motifs is 1. The Hall–Kier alpha value is -2.15. The van der Waals surface area contributed by atoms with Crippen LogP contribution in [0.4, 0.5) is 5.13 Å². The van der Waals surface area contributed by atoms with Gasteiger partial charge in [-0.3, -0.25) is 4.79 Å². The number of hydrogen-bond acceptors (Lipinski definition) is 6. The van der Waals surface area contributed by atoms with E-state index < -0.39 is 18.1 Å². The first-order valence-electron chi connectivity index (χ1n) is 8.05. The second-order valence-corrected chi connectivity index (χ2v) is 6.61. The van der Waals surface area contributed by atoms with Crippen LogP contribution in [0.3, 0.4) is 0 Å². The van der Waals surface area contributed by atoms with Crippen LogP contribution in [-0.4, -0.2) is 36.1 Å². The van der Waals surface area contributed by atoms with Gasteiger partial charge in [0.15, 0.2) is 5.13 Å². The minimum absolute atomic E-state index is 0.249. The highest BCUT2D eigenvalue weighted by atomic mass is 32.1. The topological polar surface area (TPSA) is 80.3 Å². The molecule has 0 spiro atoms. The molecule has 0 bridgehead atoms. The molecule has 1 heterocycles. The van der Waals surface area contributed by atoms with Gasteiger partial charge in [0.05, 0.1) is 17.3 Å². The molecule has 0 aliphatic carbocycles. The van der Waals surface area contributed by atoms with Crippen molar-refractivity contribution in [3.05, 3.63) is 24.3 Å². The molecule has 7 heteroatoms. The van der Waals surface area contributed by atoms with E-state index in [9.17, 15) is 9.59 Å². The molecule has 2 atom stereocenters. The molecule has 1 amide bonds. The maximum atomic E-state index is 12.4. The quantitative estimate of drug-likeness (QED) is 0.716. The lowest BCUT2D eigenvalue weighted by molar-refractivity contribution is -0.145. The summed E-state index contributed by atoms with van der Waals surface area (Å²) in [4.78, 5) is 28.6. The van der Waals surface area contributed by atoms with Gasteiger partial charge in [-0.2, -0.15) is 0 Å². The van der Waals surface area contributed by atoms with Crippen molar-refractivity contribution in [1.82, 2.24) is 10.3 Å². The average Bonchev–Trinajstić information content (AvgIpc) is 2.99. The van der Waals surface area contributed by atoms with E-state index in [1.165, 1.54) is 18.4 Å². The lowest BCUT2D eigenvalue weighted by atomic mass is 10.1. The van der Waals surface area contributed by atoms with Gasteiger partial charge in [0.2, 0.25) is 5.91 Å². The van der Waals surface area contributed by atoms with Crippen LogP contribution >= 0.6 is 11.3 Å². The Labute approximate surface area is 145 Å². The van der Waals surface area contributed by atoms with Gasteiger partial charge in [0.25, 0.3) is 0 Å². The lowest BCUT2D eigenvalue weighted by Crippen LogP contribution is -2.47. The number of carbonyl (C=O) groups excluding carboxylic acids is 2. The molecule has 0 aliphatic rings. The van der Waals surface area contributed by atoms with E-state index in [2.05, 4.69) is 15.6 Å². The molecule has 2 N–H and O–H groups in total. The summed E-state index contributed by atoms with van der Waals surface area (Å²) in [5.74, 6) is -0.662. The third kappa shape index (κ3) is 4.67. The van der Waals surface area contributed by atoms with E-state index in [1.807, 2.05) is 31.2 Å². The first kappa shape index (κ1) is 18.2. The van der Waals surface area contributed by atoms with Gasteiger partial charge in [-0.15, -0.1) is 0 Å². The number of carbonyl (C=O) groups is 2. The van der Waals surface area contributed by atoms with Gasteiger partial charge in [-0.1, -0.05) is 43.2 Å². The van der Waals surface area contributed by atoms with Crippen molar-refractivity contribution in [3.8, 4) is 0 Å². The molecule has 24 heavy (non-hydrogen) atoms. The van der Waals surface area contributed by atoms with Gasteiger partial charge in [-0.05, 0) is 25.5 Å². The van der Waals surface area contributed by atoms with Crippen molar-refractivity contribution in [2.75, 3.05) is 12.4 Å². The van der Waals surface area contributed by atoms with E-state index in [4.69, 9.17) is 4.74 Å². The zero-order valence-corrected chi connectivity index (χ0v) is 15.0. The molecule has 2 unspecified atom stereocenters. The highest BCUT2D eigenvalue weighted by Gasteiger charge is 2.24. The summed E-state index contributed by atoms with van der Waals surface area (Å²) in [6.07, 6.45) is 2.37. The number of anilines is 1. The van der Waals surface area contributed by atoms with Crippen molar-refractivity contribution >= 4 is 38.6 Å². The van der Waals surface area contributed by atoms with E-state index in [0.717, 1.165) is 23.1 Å². The average molecular weight is 349 g/mol. The number of esters is 1. The van der Waals surface area contributed by atoms with Crippen LogP contribution in [0.5, 0.6) is 0 Å². The van der Waals surface area contributed by atoms with Gasteiger partial charge < -0.3 is 15.4 Å². The van der Waals surface area contributed by atoms with E-state index in [1.54, 1.807) is 6.92 Å². The number of aromatic nitrogens is 1. The third-order valence-corrected chi connectivity index (χ3v) is 4.64. The Morgan fingerprint density at radius 1 is 1.33 bits per heavy atom. The fourth-order valence-electron chi connectivity index (χ4n) is 2.28. The molecule has 0 radical (unpaired) electrons. The van der Waals surface area contributed by atoms with Crippen LogP contribution in [0.25, 0.3) is 10.2 Å². The normalized spacial score (nSPS) is 13.3. The molecule has 1 aromatic heterocycles. The molecule has 2 aromatic rings. The summed E-state index contributed by atoms with van der Waals surface area (Å²) in [5, 5.41) is 6.53. The second-order valence-electron chi connectivity index (χ2n) is 5.58. The second kappa shape index (κ2) is 8.63. The number of benzene rings is 1. The molecular formula is C17H23N3O3S. The maximum absolute atomic E-state index is 12.4. The highest BCUT2D eigenvalue weighted by Crippen LogP contribution is 2.25. The molecular weight excluding hydrogens is 326 g/mol. The molecule has 0 aliphatic heterocycles. The minimum Gasteiger partial charge on any atom is -0.467 e. The van der Waals surface area contributed by atoms with E-state index in [-0.39, 0.29) is 5.91 Å². The molecule has 0 saturated carbocycles. The van der Waals surface area contributed by atoms with Crippen LogP contribution in [0, 0.1) is 0 Å². The SMILES string of the molecule is CCCCC(NC(=O)C(C)Nc1nc2ccccc2s1)C(=O)OC. The number of para-hydroxylation sites is 1. The smallest absolute Gasteiger partial charge is 0.328 e. The zero-order chi connectivity index (χ0) is 17.5. The fraction of sp³-hybridized carbons (Fsp3) is 0.471. The van der Waals surface area contributed by atoms with Gasteiger partial charge in [0, 0.05) is 0 Å². The fourth-order valence-corrected chi connectivity index (χ4v) is 3.23. The van der Waals surface area contributed by atoms with Crippen molar-refractivity contribution in [2.24, 2.45) is 0 Å². The maximum Gasteiger partial charge on any atom is 0.328 e. The van der Waals surface area contributed by atoms with Crippen LogP contribution in [0.1, 0.15) is 33.1 Å². The lowest BCUT2D eigenvalue weighted by Gasteiger charge is -2.19. The molecule has 1 aromatic carbocycles. The van der Waals surface area contributed by atoms with Crippen LogP contribution in [0.2, 0.25) is 0 Å². The summed E-state index contributed by atoms with van der Waals surface area (Å²) in [6.45, 7) is 3.78. The predicted octanol–water partition coefficient (Wildman–Crippen LogP) is 2.94. The number of unbranched alkanes of at least 4 members (excludes halogenated alkanes) is 1. The molecule has 6 nitrogen and oxygen atoms in total. The summed E-state index contributed by atoms with van der Waals surface area (Å²) < 4.78 is 5.82. The zero-order valence-electron chi connectivity index (χ0n) is 14.2. The Balaban J connectivity index is 1.98. The van der Waals surface area contributed by atoms with Crippen molar-refractivity contribution in [2.45, 2.75) is 45.2 Å². The largest absolute Gasteiger partial charge is 0.467 e. The van der Waals surface area contributed by atoms with Crippen LogP contribution in [-0.2, 0) is 14.3 Å². The van der Waals surface area contributed by atoms with E-state index >= 15 is 0 Å². The Bertz CT molecular complexity index is 668. The van der Waals surface area contributed by atoms with Crippen molar-refractivity contribution in [1.29, 1.82) is 0 Å². The summed E-state index contributed by atoms with van der Waals surface area (Å²) in [5.41, 5.74) is 0.896. The van der Waals surface area contributed by atoms with Crippen LogP contribution < -0.4 is 10.6 Å². The molecule has 0 saturated heterocycles. The molecule has 2 rings (SSSR count). The number of amides is 1. The van der Waals surface area contributed by atoms with Crippen molar-refractivity contribution in [3.63, 3.8) is 0 Å². The standard InChI is InChI=1S/C17H23N3O3S/c1-4-5-8-13(16(22)23-3)19-15(21)11(2)18-17-20-12-9-6-7-10-14(12)24-17/h6-7,9-11,13H,4-5,8H2,1-3H3,(H,18,20)(H,19,21). The number of rotatable bonds is 8. The summed E-state index contributed by atoms with van der Waals surface area (Å²) >= 11 is 1.49. The van der Waals surface area contributed by atoms with E-state index in [0.29, 0.717) is 11.6 Å². The Morgan fingerprint density at radius 3 is 2.75 bits per heavy atom. The Kier molecular flexibility index (Phi) is 6.54. The first-order valence-corrected chi connectivity index (χ1v) is 8.87. The number of thiazole rings is 1. The first-order chi connectivity index (χ1) is 11.5. The van der Waals surface area contributed by atoms with Gasteiger partial charge >= 0.3 is 5.97 Å². The number of nitrogens with one attached hydrogen (secondary N) is 2. The van der Waals surface area contributed by atoms with Gasteiger partial charge in [0.1, 0.15) is 12.1 Å². The monoisotopic (exact) mass is 349 g/mol. The molecule has 130 valence electrons. The van der Waals surface area contributed by atoms with Gasteiger partial charge in [-0.25, -0.2) is 9.78 Å². The minimum atomic E-state index is -0.609. The number of hydrogen-bond donors (Lipinski definition) is 2. The number of methoxy groups -OCH3 is 1.